The Morgan fingerprint density at radius 2 is 1.68 bits per heavy atom. The molecule has 38 heavy (non-hydrogen) atoms. The van der Waals surface area contributed by atoms with Gasteiger partial charge in [-0.05, 0) is 77.5 Å². The van der Waals surface area contributed by atoms with E-state index >= 15 is 0 Å². The molecule has 212 valence electrons. The molecule has 0 radical (unpaired) electrons. The van der Waals surface area contributed by atoms with Gasteiger partial charge in [-0.25, -0.2) is 4.79 Å². The highest BCUT2D eigenvalue weighted by molar-refractivity contribution is 14.1. The largest absolute Gasteiger partial charge is 0.493 e. The predicted molar refractivity (Wildman–Crippen MR) is 174 cm³/mol. The van der Waals surface area contributed by atoms with Gasteiger partial charge in [0.1, 0.15) is 11.3 Å². The van der Waals surface area contributed by atoms with Crippen LogP contribution in [0, 0.1) is 5.41 Å². The van der Waals surface area contributed by atoms with E-state index in [1.807, 2.05) is 37.7 Å². The van der Waals surface area contributed by atoms with Gasteiger partial charge in [-0.1, -0.05) is 78.3 Å². The van der Waals surface area contributed by atoms with Crippen LogP contribution in [0.25, 0.3) is 11.0 Å². The van der Waals surface area contributed by atoms with E-state index in [1.165, 1.54) is 38.2 Å². The van der Waals surface area contributed by atoms with Crippen molar-refractivity contribution in [3.05, 3.63) is 34.7 Å². The lowest BCUT2D eigenvalue weighted by molar-refractivity contribution is -0.155. The molecule has 0 N–H and O–H groups in total. The van der Waals surface area contributed by atoms with E-state index in [4.69, 9.17) is 13.9 Å². The Morgan fingerprint density at radius 3 is 2.37 bits per heavy atom. The van der Waals surface area contributed by atoms with Crippen molar-refractivity contribution >= 4 is 73.9 Å². The summed E-state index contributed by atoms with van der Waals surface area (Å²) < 4.78 is 17.0. The Hall–Kier alpha value is -0.490. The van der Waals surface area contributed by atoms with Gasteiger partial charge in [0.05, 0.1) is 30.1 Å². The van der Waals surface area contributed by atoms with Crippen molar-refractivity contribution in [1.29, 1.82) is 0 Å². The monoisotopic (exact) mass is 768 g/mol. The van der Waals surface area contributed by atoms with Crippen molar-refractivity contribution < 1.29 is 18.7 Å². The van der Waals surface area contributed by atoms with Gasteiger partial charge in [0.15, 0.2) is 0 Å². The number of fused-ring (bicyclic) bond motifs is 1. The van der Waals surface area contributed by atoms with Crippen LogP contribution < -0.4 is 10.4 Å². The van der Waals surface area contributed by atoms with Gasteiger partial charge in [0, 0.05) is 17.0 Å². The van der Waals surface area contributed by atoms with Crippen molar-refractivity contribution in [3.8, 4) is 5.75 Å². The number of hydrogen-bond acceptors (Lipinski definition) is 6. The number of unbranched alkanes of at least 4 members (excludes halogenated alkanes) is 2. The fraction of sp³-hybridized carbons (Fsp3) is 0.667. The standard InChI is InChI=1S/C30H42I2O5S/c1-28(2,31)20-30(5,32)29(3,4)27(34)36-17-11-7-10-16-35-24-19-26(33)37-25-18-22(14-15-23(24)25)38-21-12-8-6-9-13-21/h14-15,18-19,21H,6-13,16-17,20H2,1-5H3. The van der Waals surface area contributed by atoms with Crippen molar-refractivity contribution in [3.63, 3.8) is 0 Å². The second kappa shape index (κ2) is 13.9. The maximum absolute atomic E-state index is 12.9. The quantitative estimate of drug-likeness (QED) is 0.0667. The van der Waals surface area contributed by atoms with Crippen LogP contribution in [0.1, 0.15) is 92.4 Å². The molecular formula is C30H42I2O5S. The van der Waals surface area contributed by atoms with Crippen LogP contribution in [-0.2, 0) is 9.53 Å². The van der Waals surface area contributed by atoms with Gasteiger partial charge < -0.3 is 13.9 Å². The second-order valence-corrected chi connectivity index (χ2v) is 18.4. The molecule has 5 nitrogen and oxygen atoms in total. The highest BCUT2D eigenvalue weighted by Crippen LogP contribution is 2.47. The first-order chi connectivity index (χ1) is 17.8. The van der Waals surface area contributed by atoms with Crippen molar-refractivity contribution in [1.82, 2.24) is 0 Å². The van der Waals surface area contributed by atoms with Crippen LogP contribution in [0.2, 0.25) is 0 Å². The first-order valence-electron chi connectivity index (χ1n) is 13.7. The fourth-order valence-electron chi connectivity index (χ4n) is 4.81. The molecule has 1 aliphatic rings. The molecule has 1 saturated carbocycles. The molecule has 3 rings (SSSR count). The lowest BCUT2D eigenvalue weighted by Crippen LogP contribution is -2.46. The topological polar surface area (TPSA) is 65.7 Å². The Bertz CT molecular complexity index is 1130. The molecule has 0 spiro atoms. The Morgan fingerprint density at radius 1 is 1.00 bits per heavy atom. The van der Waals surface area contributed by atoms with Crippen LogP contribution in [0.3, 0.4) is 0 Å². The van der Waals surface area contributed by atoms with E-state index in [-0.39, 0.29) is 12.8 Å². The molecule has 1 heterocycles. The van der Waals surface area contributed by atoms with E-state index in [2.05, 4.69) is 72.0 Å². The second-order valence-electron chi connectivity index (χ2n) is 11.7. The molecular weight excluding hydrogens is 726 g/mol. The van der Waals surface area contributed by atoms with Crippen LogP contribution >= 0.6 is 56.9 Å². The number of esters is 1. The molecule has 1 atom stereocenters. The molecule has 8 heteroatoms. The number of halogens is 2. The number of rotatable bonds is 13. The smallest absolute Gasteiger partial charge is 0.339 e. The maximum atomic E-state index is 12.9. The zero-order valence-corrected chi connectivity index (χ0v) is 28.5. The summed E-state index contributed by atoms with van der Waals surface area (Å²) >= 11 is 6.74. The number of hydrogen-bond donors (Lipinski definition) is 0. The van der Waals surface area contributed by atoms with Crippen molar-refractivity contribution in [2.75, 3.05) is 13.2 Å². The van der Waals surface area contributed by atoms with Gasteiger partial charge in [-0.15, -0.1) is 11.8 Å². The van der Waals surface area contributed by atoms with E-state index < -0.39 is 11.0 Å². The van der Waals surface area contributed by atoms with Crippen LogP contribution in [0.15, 0.2) is 38.4 Å². The highest BCUT2D eigenvalue weighted by atomic mass is 127. The molecule has 0 amide bonds. The number of carbonyl (C=O) groups is 1. The van der Waals surface area contributed by atoms with Crippen molar-refractivity contribution in [2.24, 2.45) is 5.41 Å². The molecule has 1 aromatic heterocycles. The summed E-state index contributed by atoms with van der Waals surface area (Å²) in [6.45, 7) is 11.4. The summed E-state index contributed by atoms with van der Waals surface area (Å²) in [4.78, 5) is 26.2. The van der Waals surface area contributed by atoms with Crippen LogP contribution in [0.5, 0.6) is 5.75 Å². The van der Waals surface area contributed by atoms with Gasteiger partial charge in [-0.2, -0.15) is 0 Å². The first kappa shape index (κ1) is 32.0. The molecule has 1 aromatic carbocycles. The predicted octanol–water partition coefficient (Wildman–Crippen LogP) is 9.13. The number of benzene rings is 1. The molecule has 1 aliphatic carbocycles. The average Bonchev–Trinajstić information content (AvgIpc) is 2.82. The normalized spacial score (nSPS) is 16.8. The molecule has 0 aliphatic heterocycles. The molecule has 1 unspecified atom stereocenters. The van der Waals surface area contributed by atoms with Crippen LogP contribution in [0.4, 0.5) is 0 Å². The fourth-order valence-corrected chi connectivity index (χ4v) is 8.75. The minimum atomic E-state index is -0.580. The lowest BCUT2D eigenvalue weighted by atomic mass is 9.76. The third-order valence-electron chi connectivity index (χ3n) is 7.38. The van der Waals surface area contributed by atoms with E-state index in [0.717, 1.165) is 36.0 Å². The molecule has 0 bridgehead atoms. The molecule has 1 fully saturated rings. The van der Waals surface area contributed by atoms with E-state index in [9.17, 15) is 9.59 Å². The Balaban J connectivity index is 1.45. The number of ether oxygens (including phenoxy) is 2. The lowest BCUT2D eigenvalue weighted by Gasteiger charge is -2.41. The summed E-state index contributed by atoms with van der Waals surface area (Å²) in [6.07, 6.45) is 9.81. The number of alkyl halides is 2. The molecule has 0 saturated heterocycles. The number of thioether (sulfide) groups is 1. The first-order valence-corrected chi connectivity index (χ1v) is 16.7. The third-order valence-corrected chi connectivity index (χ3v) is 10.8. The SMILES string of the molecule is CC(C)(I)CC(C)(I)C(C)(C)C(=O)OCCCCCOc1cc(=O)oc2cc(SC3CCCCC3)ccc12. The van der Waals surface area contributed by atoms with Crippen LogP contribution in [-0.4, -0.2) is 31.3 Å². The minimum absolute atomic E-state index is 0.104. The molecule has 2 aromatic rings. The zero-order valence-electron chi connectivity index (χ0n) is 23.4. The van der Waals surface area contributed by atoms with Gasteiger partial charge in [0.25, 0.3) is 0 Å². The third kappa shape index (κ3) is 9.28. The van der Waals surface area contributed by atoms with Gasteiger partial charge >= 0.3 is 11.6 Å². The average molecular weight is 769 g/mol. The highest BCUT2D eigenvalue weighted by Gasteiger charge is 2.48. The van der Waals surface area contributed by atoms with Gasteiger partial charge in [0.2, 0.25) is 0 Å². The Labute approximate surface area is 259 Å². The Kier molecular flexibility index (Phi) is 11.7. The summed E-state index contributed by atoms with van der Waals surface area (Å²) in [7, 11) is 0. The zero-order chi connectivity index (χ0) is 28.0. The van der Waals surface area contributed by atoms with Crippen molar-refractivity contribution in [2.45, 2.75) is 109 Å². The summed E-state index contributed by atoms with van der Waals surface area (Å²) in [5, 5.41) is 1.47. The summed E-state index contributed by atoms with van der Waals surface area (Å²) in [6, 6.07) is 7.50. The summed E-state index contributed by atoms with van der Waals surface area (Å²) in [5.41, 5.74) is -0.394. The minimum Gasteiger partial charge on any atom is -0.493 e. The maximum Gasteiger partial charge on any atom is 0.339 e. The van der Waals surface area contributed by atoms with E-state index in [1.54, 1.807) is 0 Å². The summed E-state index contributed by atoms with van der Waals surface area (Å²) in [5.74, 6) is 0.424. The van der Waals surface area contributed by atoms with Gasteiger partial charge in [-0.3, -0.25) is 4.79 Å². The van der Waals surface area contributed by atoms with E-state index in [0.29, 0.717) is 29.8 Å². The number of carbonyl (C=O) groups excluding carboxylic acids is 1.